The maximum Gasteiger partial charge on any atom is 0.416 e. The first-order valence-electron chi connectivity index (χ1n) is 9.22. The van der Waals surface area contributed by atoms with Gasteiger partial charge >= 0.3 is 6.18 Å². The van der Waals surface area contributed by atoms with Crippen LogP contribution in [-0.2, 0) is 6.18 Å². The molecule has 10 heteroatoms. The second-order valence-electron chi connectivity index (χ2n) is 6.96. The van der Waals surface area contributed by atoms with Gasteiger partial charge in [-0.2, -0.15) is 13.2 Å². The molecule has 3 aromatic rings. The molecule has 164 valence electrons. The van der Waals surface area contributed by atoms with E-state index >= 15 is 0 Å². The van der Waals surface area contributed by atoms with Gasteiger partial charge in [-0.05, 0) is 56.1 Å². The van der Waals surface area contributed by atoms with Gasteiger partial charge in [-0.15, -0.1) is 23.1 Å². The molecule has 0 unspecified atom stereocenters. The van der Waals surface area contributed by atoms with Crippen molar-refractivity contribution in [1.29, 1.82) is 0 Å². The van der Waals surface area contributed by atoms with E-state index in [0.717, 1.165) is 33.5 Å². The first-order chi connectivity index (χ1) is 14.6. The van der Waals surface area contributed by atoms with Crippen LogP contribution in [0.1, 0.15) is 16.0 Å². The number of halogens is 3. The highest BCUT2D eigenvalue weighted by atomic mass is 32.2. The van der Waals surface area contributed by atoms with Crippen LogP contribution in [-0.4, -0.2) is 41.3 Å². The van der Waals surface area contributed by atoms with Crippen LogP contribution in [0.25, 0.3) is 12.2 Å². The third kappa shape index (κ3) is 6.46. The lowest BCUT2D eigenvalue weighted by Gasteiger charge is -2.07. The van der Waals surface area contributed by atoms with Gasteiger partial charge in [0.2, 0.25) is 0 Å². The van der Waals surface area contributed by atoms with E-state index in [0.29, 0.717) is 0 Å². The fraction of sp³-hybridized carbons (Fsp3) is 0.238. The molecule has 0 saturated carbocycles. The maximum atomic E-state index is 12.9. The topological polar surface area (TPSA) is 69.0 Å². The highest BCUT2D eigenvalue weighted by molar-refractivity contribution is 8.01. The molecule has 5 nitrogen and oxygen atoms in total. The number of hydrogen-bond acceptors (Lipinski definition) is 5. The first-order valence-corrected chi connectivity index (χ1v) is 11.0. The number of nitrogens with zero attached hydrogens (tertiary/aromatic N) is 1. The van der Waals surface area contributed by atoms with Crippen LogP contribution in [0.2, 0.25) is 0 Å². The molecule has 2 N–H and O–H groups in total. The Morgan fingerprint density at radius 2 is 1.71 bits per heavy atom. The zero-order chi connectivity index (χ0) is 22.6. The Bertz CT molecular complexity index is 1290. The van der Waals surface area contributed by atoms with Gasteiger partial charge in [0, 0.05) is 17.2 Å². The number of nitrogens with one attached hydrogen (secondary N) is 2. The van der Waals surface area contributed by atoms with Crippen molar-refractivity contribution in [3.05, 3.63) is 83.8 Å². The molecule has 2 heterocycles. The second kappa shape index (κ2) is 9.71. The minimum atomic E-state index is -4.49. The normalized spacial score (nSPS) is 13.4. The Balaban J connectivity index is 1.89. The quantitative estimate of drug-likeness (QED) is 0.547. The summed E-state index contributed by atoms with van der Waals surface area (Å²) in [5.41, 5.74) is -1.80. The van der Waals surface area contributed by atoms with Gasteiger partial charge in [0.05, 0.1) is 9.77 Å². The van der Waals surface area contributed by atoms with Crippen molar-refractivity contribution in [2.24, 2.45) is 0 Å². The Morgan fingerprint density at radius 3 is 2.35 bits per heavy atom. The number of thioether (sulfide) groups is 1. The average Bonchev–Trinajstić information content (AvgIpc) is 3.12. The zero-order valence-corrected chi connectivity index (χ0v) is 18.4. The largest absolute Gasteiger partial charge is 0.416 e. The number of aromatic nitrogens is 2. The SMILES string of the molecule is CN(C)CCSc1ccc(/C=c2\[nH]c(=O)/c(=C/c3cccc(C(F)(F)F)c3)[nH]c2=O)s1. The molecule has 0 fully saturated rings. The molecule has 0 saturated heterocycles. The lowest BCUT2D eigenvalue weighted by molar-refractivity contribution is -0.137. The lowest BCUT2D eigenvalue weighted by atomic mass is 10.1. The molecule has 0 aliphatic heterocycles. The van der Waals surface area contributed by atoms with Crippen LogP contribution in [0, 0.1) is 0 Å². The number of rotatable bonds is 6. The number of H-pyrrole nitrogens is 2. The predicted octanol–water partition coefficient (Wildman–Crippen LogP) is 2.45. The fourth-order valence-electron chi connectivity index (χ4n) is 2.63. The van der Waals surface area contributed by atoms with E-state index in [1.807, 2.05) is 26.2 Å². The van der Waals surface area contributed by atoms with Crippen molar-refractivity contribution in [1.82, 2.24) is 14.9 Å². The van der Waals surface area contributed by atoms with Crippen molar-refractivity contribution >= 4 is 35.3 Å². The van der Waals surface area contributed by atoms with Gasteiger partial charge in [-0.1, -0.05) is 12.1 Å². The van der Waals surface area contributed by atoms with Crippen molar-refractivity contribution in [2.45, 2.75) is 10.4 Å². The predicted molar refractivity (Wildman–Crippen MR) is 119 cm³/mol. The Labute approximate surface area is 184 Å². The van der Waals surface area contributed by atoms with E-state index < -0.39 is 22.9 Å². The Morgan fingerprint density at radius 1 is 1.03 bits per heavy atom. The third-order valence-corrected chi connectivity index (χ3v) is 6.42. The summed E-state index contributed by atoms with van der Waals surface area (Å²) >= 11 is 3.21. The van der Waals surface area contributed by atoms with Crippen molar-refractivity contribution in [3.63, 3.8) is 0 Å². The Kier molecular flexibility index (Phi) is 7.24. The molecule has 2 aromatic heterocycles. The van der Waals surface area contributed by atoms with E-state index in [-0.39, 0.29) is 16.3 Å². The number of hydrogen-bond donors (Lipinski definition) is 2. The number of aromatic amines is 2. The van der Waals surface area contributed by atoms with E-state index in [9.17, 15) is 22.8 Å². The van der Waals surface area contributed by atoms with Crippen LogP contribution < -0.4 is 21.8 Å². The van der Waals surface area contributed by atoms with Gasteiger partial charge in [0.15, 0.2) is 0 Å². The van der Waals surface area contributed by atoms with Crippen LogP contribution in [0.15, 0.2) is 50.2 Å². The molecular weight excluding hydrogens is 447 g/mol. The van der Waals surface area contributed by atoms with Gasteiger partial charge in [0.25, 0.3) is 11.1 Å². The minimum absolute atomic E-state index is 0.0814. The van der Waals surface area contributed by atoms with E-state index in [2.05, 4.69) is 14.9 Å². The summed E-state index contributed by atoms with van der Waals surface area (Å²) < 4.78 is 39.7. The summed E-state index contributed by atoms with van der Waals surface area (Å²) in [5.74, 6) is 0.935. The molecule has 0 aliphatic carbocycles. The smallest absolute Gasteiger partial charge is 0.316 e. The fourth-order valence-corrected chi connectivity index (χ4v) is 4.91. The second-order valence-corrected chi connectivity index (χ2v) is 9.47. The van der Waals surface area contributed by atoms with E-state index in [1.54, 1.807) is 17.8 Å². The first kappa shape index (κ1) is 23.1. The average molecular weight is 468 g/mol. The lowest BCUT2D eigenvalue weighted by Crippen LogP contribution is -2.46. The summed E-state index contributed by atoms with van der Waals surface area (Å²) in [6.07, 6.45) is -1.70. The molecule has 31 heavy (non-hydrogen) atoms. The van der Waals surface area contributed by atoms with Crippen LogP contribution >= 0.6 is 23.1 Å². The van der Waals surface area contributed by atoms with Gasteiger partial charge in [-0.3, -0.25) is 9.59 Å². The zero-order valence-electron chi connectivity index (χ0n) is 16.7. The van der Waals surface area contributed by atoms with Crippen molar-refractivity contribution in [2.75, 3.05) is 26.4 Å². The standard InChI is InChI=1S/C21H20F3N3O2S2/c1-27(2)8-9-30-18-7-6-15(31-18)12-17-20(29)25-16(19(28)26-17)11-13-4-3-5-14(10-13)21(22,23)24/h3-7,10-12H,8-9H2,1-2H3,(H,25,29)(H,26,28)/b16-11-,17-12-. The molecule has 0 atom stereocenters. The molecule has 0 radical (unpaired) electrons. The Hall–Kier alpha value is -2.56. The van der Waals surface area contributed by atoms with Gasteiger partial charge < -0.3 is 14.9 Å². The molecular formula is C21H20F3N3O2S2. The summed E-state index contributed by atoms with van der Waals surface area (Å²) in [4.78, 5) is 32.6. The van der Waals surface area contributed by atoms with Gasteiger partial charge in [0.1, 0.15) is 10.7 Å². The molecule has 3 rings (SSSR count). The molecule has 0 amide bonds. The number of benzene rings is 1. The van der Waals surface area contributed by atoms with Crippen LogP contribution in [0.3, 0.4) is 0 Å². The molecule has 1 aromatic carbocycles. The highest BCUT2D eigenvalue weighted by Crippen LogP contribution is 2.29. The summed E-state index contributed by atoms with van der Waals surface area (Å²) in [6, 6.07) is 8.35. The number of thiophene rings is 1. The minimum Gasteiger partial charge on any atom is -0.316 e. The summed E-state index contributed by atoms with van der Waals surface area (Å²) in [6.45, 7) is 0.943. The summed E-state index contributed by atoms with van der Waals surface area (Å²) in [5, 5.41) is -0.0366. The monoisotopic (exact) mass is 467 g/mol. The number of alkyl halides is 3. The molecule has 0 spiro atoms. The van der Waals surface area contributed by atoms with Gasteiger partial charge in [-0.25, -0.2) is 0 Å². The maximum absolute atomic E-state index is 12.9. The molecule has 0 aliphatic rings. The van der Waals surface area contributed by atoms with Crippen molar-refractivity contribution < 1.29 is 13.2 Å². The molecule has 0 bridgehead atoms. The highest BCUT2D eigenvalue weighted by Gasteiger charge is 2.30. The van der Waals surface area contributed by atoms with Crippen molar-refractivity contribution in [3.8, 4) is 0 Å². The van der Waals surface area contributed by atoms with E-state index in [4.69, 9.17) is 0 Å². The van der Waals surface area contributed by atoms with Crippen LogP contribution in [0.4, 0.5) is 13.2 Å². The third-order valence-electron chi connectivity index (χ3n) is 4.18. The summed E-state index contributed by atoms with van der Waals surface area (Å²) in [7, 11) is 4.01. The van der Waals surface area contributed by atoms with E-state index in [1.165, 1.54) is 29.5 Å². The van der Waals surface area contributed by atoms with Crippen LogP contribution in [0.5, 0.6) is 0 Å².